The summed E-state index contributed by atoms with van der Waals surface area (Å²) in [5, 5.41) is -0.559. The van der Waals surface area contributed by atoms with Crippen LogP contribution in [0.5, 0.6) is 0 Å². The van der Waals surface area contributed by atoms with Crippen molar-refractivity contribution in [2.75, 3.05) is 5.75 Å². The van der Waals surface area contributed by atoms with Crippen LogP contribution in [-0.2, 0) is 16.4 Å². The van der Waals surface area contributed by atoms with E-state index in [2.05, 4.69) is 4.98 Å². The number of sulfone groups is 1. The Balaban J connectivity index is 2.04. The van der Waals surface area contributed by atoms with E-state index in [-0.39, 0.29) is 12.3 Å². The molecule has 0 aliphatic carbocycles. The van der Waals surface area contributed by atoms with Crippen molar-refractivity contribution < 1.29 is 12.8 Å². The Hall–Kier alpha value is -1.63. The molecule has 1 aromatic carbocycles. The molecule has 1 aliphatic heterocycles. The fourth-order valence-electron chi connectivity index (χ4n) is 2.74. The Morgan fingerprint density at radius 2 is 2.15 bits per heavy atom. The molecule has 1 fully saturated rings. The minimum Gasteiger partial charge on any atom is -0.306 e. The summed E-state index contributed by atoms with van der Waals surface area (Å²) in [6, 6.07) is 4.00. The van der Waals surface area contributed by atoms with Gasteiger partial charge in [0.15, 0.2) is 9.84 Å². The van der Waals surface area contributed by atoms with Crippen molar-refractivity contribution in [3.63, 3.8) is 0 Å². The van der Waals surface area contributed by atoms with Gasteiger partial charge in [-0.05, 0) is 31.0 Å². The number of fused-ring (bicyclic) bond motifs is 1. The molecule has 20 heavy (non-hydrogen) atoms. The Labute approximate surface area is 115 Å². The van der Waals surface area contributed by atoms with Crippen LogP contribution in [0.3, 0.4) is 0 Å². The largest absolute Gasteiger partial charge is 0.326 e. The average molecular weight is 298 g/mol. The minimum absolute atomic E-state index is 0.0879. The van der Waals surface area contributed by atoms with Gasteiger partial charge in [-0.3, -0.25) is 4.57 Å². The van der Waals surface area contributed by atoms with Gasteiger partial charge in [-0.2, -0.15) is 0 Å². The van der Waals surface area contributed by atoms with E-state index < -0.39 is 26.6 Å². The van der Waals surface area contributed by atoms with Crippen molar-refractivity contribution in [1.29, 1.82) is 0 Å². The number of H-pyrrole nitrogens is 1. The van der Waals surface area contributed by atoms with Gasteiger partial charge in [0.25, 0.3) is 0 Å². The number of benzene rings is 1. The molecule has 0 saturated carbocycles. The predicted molar refractivity (Wildman–Crippen MR) is 73.9 cm³/mol. The number of hydrogen-bond donors (Lipinski definition) is 1. The number of aromatic amines is 1. The molecule has 0 amide bonds. The molecule has 0 bridgehead atoms. The normalized spacial score (nSPS) is 22.1. The fraction of sp³-hybridized carbons (Fsp3) is 0.462. The summed E-state index contributed by atoms with van der Waals surface area (Å²) in [4.78, 5) is 14.5. The molecule has 1 aliphatic rings. The van der Waals surface area contributed by atoms with E-state index in [1.807, 2.05) is 0 Å². The molecular formula is C13H15FN2O3S. The number of aromatic nitrogens is 2. The zero-order valence-corrected chi connectivity index (χ0v) is 11.6. The third-order valence-electron chi connectivity index (χ3n) is 3.84. The van der Waals surface area contributed by atoms with E-state index in [9.17, 15) is 17.6 Å². The molecule has 2 aromatic rings. The van der Waals surface area contributed by atoms with Crippen LogP contribution >= 0.6 is 0 Å². The Bertz CT molecular complexity index is 807. The first-order valence-corrected chi connectivity index (χ1v) is 8.28. The molecule has 1 atom stereocenters. The van der Waals surface area contributed by atoms with E-state index in [0.29, 0.717) is 23.9 Å². The van der Waals surface area contributed by atoms with Crippen molar-refractivity contribution in [2.45, 2.75) is 31.1 Å². The summed E-state index contributed by atoms with van der Waals surface area (Å²) in [6.45, 7) is 0.0879. The summed E-state index contributed by atoms with van der Waals surface area (Å²) in [5.41, 5.74) is 0.534. The maximum Gasteiger partial charge on any atom is 0.326 e. The standard InChI is InChI=1S/C13H15FN2O3S/c14-9-4-5-11-12(7-9)16(13(17)15-11)8-10-3-1-2-6-20(10,18)19/h4-5,7,10H,1-3,6,8H2,(H,15,17). The van der Waals surface area contributed by atoms with Crippen LogP contribution in [0.25, 0.3) is 11.0 Å². The van der Waals surface area contributed by atoms with Crippen LogP contribution in [0.1, 0.15) is 19.3 Å². The van der Waals surface area contributed by atoms with Crippen molar-refractivity contribution in [3.05, 3.63) is 34.5 Å². The van der Waals surface area contributed by atoms with Crippen LogP contribution in [0.4, 0.5) is 4.39 Å². The molecule has 5 nitrogen and oxygen atoms in total. The van der Waals surface area contributed by atoms with Crippen LogP contribution < -0.4 is 5.69 Å². The predicted octanol–water partition coefficient (Wildman–Crippen LogP) is 1.44. The van der Waals surface area contributed by atoms with E-state index in [4.69, 9.17) is 0 Å². The zero-order chi connectivity index (χ0) is 14.3. The highest BCUT2D eigenvalue weighted by molar-refractivity contribution is 7.92. The van der Waals surface area contributed by atoms with Gasteiger partial charge >= 0.3 is 5.69 Å². The Morgan fingerprint density at radius 1 is 1.35 bits per heavy atom. The van der Waals surface area contributed by atoms with Gasteiger partial charge in [-0.15, -0.1) is 0 Å². The second-order valence-electron chi connectivity index (χ2n) is 5.19. The number of halogens is 1. The molecule has 1 aromatic heterocycles. The number of nitrogens with zero attached hydrogens (tertiary/aromatic N) is 1. The van der Waals surface area contributed by atoms with E-state index >= 15 is 0 Å². The van der Waals surface area contributed by atoms with E-state index in [1.165, 1.54) is 22.8 Å². The molecular weight excluding hydrogens is 283 g/mol. The highest BCUT2D eigenvalue weighted by Crippen LogP contribution is 2.22. The second kappa shape index (κ2) is 4.73. The molecule has 0 spiro atoms. The first-order valence-electron chi connectivity index (χ1n) is 6.57. The lowest BCUT2D eigenvalue weighted by Gasteiger charge is -2.22. The summed E-state index contributed by atoms with van der Waals surface area (Å²) in [5.74, 6) is -0.278. The fourth-order valence-corrected chi connectivity index (χ4v) is 4.58. The van der Waals surface area contributed by atoms with Crippen molar-refractivity contribution in [1.82, 2.24) is 9.55 Å². The maximum atomic E-state index is 13.3. The number of imidazole rings is 1. The average Bonchev–Trinajstić information content (AvgIpc) is 2.68. The lowest BCUT2D eigenvalue weighted by atomic mass is 10.2. The minimum atomic E-state index is -3.16. The molecule has 2 heterocycles. The quantitative estimate of drug-likeness (QED) is 0.912. The third kappa shape index (κ3) is 2.26. The van der Waals surface area contributed by atoms with E-state index in [1.54, 1.807) is 0 Å². The highest BCUT2D eigenvalue weighted by Gasteiger charge is 2.29. The number of hydrogen-bond acceptors (Lipinski definition) is 3. The van der Waals surface area contributed by atoms with Gasteiger partial charge in [0, 0.05) is 6.54 Å². The maximum absolute atomic E-state index is 13.3. The summed E-state index contributed by atoms with van der Waals surface area (Å²) < 4.78 is 38.7. The second-order valence-corrected chi connectivity index (χ2v) is 7.59. The first kappa shape index (κ1) is 13.4. The zero-order valence-electron chi connectivity index (χ0n) is 10.8. The smallest absolute Gasteiger partial charge is 0.306 e. The van der Waals surface area contributed by atoms with Crippen molar-refractivity contribution in [2.24, 2.45) is 0 Å². The Kier molecular flexibility index (Phi) is 3.16. The highest BCUT2D eigenvalue weighted by atomic mass is 32.2. The SMILES string of the molecule is O=c1[nH]c2ccc(F)cc2n1CC1CCCCS1(=O)=O. The Morgan fingerprint density at radius 3 is 2.90 bits per heavy atom. The molecule has 3 rings (SSSR count). The van der Waals surface area contributed by atoms with Crippen LogP contribution in [0, 0.1) is 5.82 Å². The molecule has 7 heteroatoms. The van der Waals surface area contributed by atoms with Gasteiger partial charge in [-0.25, -0.2) is 17.6 Å². The van der Waals surface area contributed by atoms with Crippen molar-refractivity contribution in [3.8, 4) is 0 Å². The summed E-state index contributed by atoms with van der Waals surface area (Å²) in [7, 11) is -3.16. The van der Waals surface area contributed by atoms with Crippen molar-refractivity contribution >= 4 is 20.9 Å². The van der Waals surface area contributed by atoms with Gasteiger partial charge < -0.3 is 4.98 Å². The number of nitrogens with one attached hydrogen (secondary N) is 1. The lowest BCUT2D eigenvalue weighted by molar-refractivity contribution is 0.508. The molecule has 1 saturated heterocycles. The lowest BCUT2D eigenvalue weighted by Crippen LogP contribution is -2.35. The van der Waals surface area contributed by atoms with Crippen LogP contribution in [0.15, 0.2) is 23.0 Å². The molecule has 1 unspecified atom stereocenters. The van der Waals surface area contributed by atoms with Crippen LogP contribution in [0.2, 0.25) is 0 Å². The topological polar surface area (TPSA) is 71.9 Å². The summed E-state index contributed by atoms with van der Waals surface area (Å²) >= 11 is 0. The molecule has 108 valence electrons. The molecule has 1 N–H and O–H groups in total. The first-order chi connectivity index (χ1) is 9.47. The van der Waals surface area contributed by atoms with Gasteiger partial charge in [0.05, 0.1) is 22.0 Å². The van der Waals surface area contributed by atoms with E-state index in [0.717, 1.165) is 6.42 Å². The van der Waals surface area contributed by atoms with Gasteiger partial charge in [0.1, 0.15) is 5.82 Å². The van der Waals surface area contributed by atoms with Gasteiger partial charge in [-0.1, -0.05) is 6.42 Å². The van der Waals surface area contributed by atoms with Gasteiger partial charge in [0.2, 0.25) is 0 Å². The third-order valence-corrected chi connectivity index (χ3v) is 6.09. The number of rotatable bonds is 2. The monoisotopic (exact) mass is 298 g/mol. The summed E-state index contributed by atoms with van der Waals surface area (Å²) in [6.07, 6.45) is 2.07. The molecule has 0 radical (unpaired) electrons. The van der Waals surface area contributed by atoms with Crippen LogP contribution in [-0.4, -0.2) is 29.0 Å².